The number of fused-ring (bicyclic) bond motifs is 1. The standard InChI is InChI=1S/C27H34N6O2/c1-18-6-4-5-7-23(18)24-16-20-17-28-27(29-21-8-14-32(15-9-21)19(2)34)30-25(20)33(26(24)35)22-10-12-31(3)13-11-22/h4-7,16-17,21-22H,8-15H2,1-3H3,(H,28,29,30). The molecule has 5 rings (SSSR count). The van der Waals surface area contributed by atoms with Gasteiger partial charge in [0, 0.05) is 49.2 Å². The van der Waals surface area contributed by atoms with Gasteiger partial charge in [-0.2, -0.15) is 4.98 Å². The highest BCUT2D eigenvalue weighted by atomic mass is 16.2. The molecule has 2 aromatic heterocycles. The van der Waals surface area contributed by atoms with Gasteiger partial charge in [0.05, 0.1) is 0 Å². The van der Waals surface area contributed by atoms with E-state index in [-0.39, 0.29) is 23.6 Å². The van der Waals surface area contributed by atoms with Gasteiger partial charge in [0.1, 0.15) is 5.65 Å². The number of likely N-dealkylation sites (tertiary alicyclic amines) is 2. The van der Waals surface area contributed by atoms with Crippen LogP contribution in [-0.4, -0.2) is 69.5 Å². The maximum absolute atomic E-state index is 13.9. The van der Waals surface area contributed by atoms with E-state index in [0.29, 0.717) is 17.2 Å². The Bertz CT molecular complexity index is 1290. The summed E-state index contributed by atoms with van der Waals surface area (Å²) in [7, 11) is 2.13. The average Bonchev–Trinajstić information content (AvgIpc) is 2.85. The number of carbonyl (C=O) groups excluding carboxylic acids is 1. The Labute approximate surface area is 206 Å². The van der Waals surface area contributed by atoms with Crippen molar-refractivity contribution in [1.29, 1.82) is 0 Å². The van der Waals surface area contributed by atoms with Crippen molar-refractivity contribution >= 4 is 22.9 Å². The molecule has 0 aliphatic carbocycles. The van der Waals surface area contributed by atoms with Crippen molar-refractivity contribution in [3.8, 4) is 11.1 Å². The van der Waals surface area contributed by atoms with Crippen molar-refractivity contribution in [2.24, 2.45) is 0 Å². The minimum absolute atomic E-state index is 0.0146. The molecule has 3 aromatic rings. The fraction of sp³-hybridized carbons (Fsp3) is 0.481. The highest BCUT2D eigenvalue weighted by molar-refractivity contribution is 5.82. The Hall–Kier alpha value is -3.26. The lowest BCUT2D eigenvalue weighted by atomic mass is 9.99. The first-order valence-corrected chi connectivity index (χ1v) is 12.6. The highest BCUT2D eigenvalue weighted by Crippen LogP contribution is 2.29. The van der Waals surface area contributed by atoms with Gasteiger partial charge < -0.3 is 15.1 Å². The van der Waals surface area contributed by atoms with Crippen LogP contribution < -0.4 is 10.9 Å². The SMILES string of the molecule is CC(=O)N1CCC(Nc2ncc3cc(-c4ccccc4C)c(=O)n(C4CCN(C)CC4)c3n2)CC1. The van der Waals surface area contributed by atoms with Crippen LogP contribution in [-0.2, 0) is 4.79 Å². The number of pyridine rings is 1. The van der Waals surface area contributed by atoms with E-state index in [0.717, 1.165) is 68.4 Å². The molecule has 2 aliphatic heterocycles. The summed E-state index contributed by atoms with van der Waals surface area (Å²) < 4.78 is 1.93. The first-order chi connectivity index (χ1) is 16.9. The second-order valence-corrected chi connectivity index (χ2v) is 9.98. The third-order valence-electron chi connectivity index (χ3n) is 7.54. The molecule has 2 aliphatic rings. The fourth-order valence-electron chi connectivity index (χ4n) is 5.37. The van der Waals surface area contributed by atoms with Crippen molar-refractivity contribution in [1.82, 2.24) is 24.3 Å². The molecule has 2 fully saturated rings. The van der Waals surface area contributed by atoms with Crippen molar-refractivity contribution in [2.45, 2.75) is 51.6 Å². The number of benzene rings is 1. The molecule has 1 N–H and O–H groups in total. The quantitative estimate of drug-likeness (QED) is 0.624. The molecule has 8 nitrogen and oxygen atoms in total. The Morgan fingerprint density at radius 1 is 1.03 bits per heavy atom. The van der Waals surface area contributed by atoms with E-state index in [1.165, 1.54) is 0 Å². The smallest absolute Gasteiger partial charge is 0.260 e. The molecule has 0 bridgehead atoms. The number of hydrogen-bond donors (Lipinski definition) is 1. The molecule has 35 heavy (non-hydrogen) atoms. The van der Waals surface area contributed by atoms with E-state index in [1.807, 2.05) is 52.9 Å². The number of nitrogens with zero attached hydrogens (tertiary/aromatic N) is 5. The Morgan fingerprint density at radius 2 is 1.74 bits per heavy atom. The minimum atomic E-state index is 0.0146. The van der Waals surface area contributed by atoms with E-state index in [9.17, 15) is 9.59 Å². The lowest BCUT2D eigenvalue weighted by Gasteiger charge is -2.32. The van der Waals surface area contributed by atoms with E-state index >= 15 is 0 Å². The first-order valence-electron chi connectivity index (χ1n) is 12.6. The van der Waals surface area contributed by atoms with Crippen LogP contribution in [0.2, 0.25) is 0 Å². The van der Waals surface area contributed by atoms with E-state index in [1.54, 1.807) is 6.92 Å². The predicted octanol–water partition coefficient (Wildman–Crippen LogP) is 3.46. The van der Waals surface area contributed by atoms with Crippen molar-refractivity contribution in [2.75, 3.05) is 38.5 Å². The summed E-state index contributed by atoms with van der Waals surface area (Å²) >= 11 is 0. The zero-order valence-electron chi connectivity index (χ0n) is 20.8. The summed E-state index contributed by atoms with van der Waals surface area (Å²) in [5, 5.41) is 4.33. The monoisotopic (exact) mass is 474 g/mol. The number of anilines is 1. The third-order valence-corrected chi connectivity index (χ3v) is 7.54. The molecule has 0 unspecified atom stereocenters. The third kappa shape index (κ3) is 4.80. The zero-order valence-corrected chi connectivity index (χ0v) is 20.8. The summed E-state index contributed by atoms with van der Waals surface area (Å²) in [6.07, 6.45) is 5.38. The van der Waals surface area contributed by atoms with Crippen LogP contribution in [0.15, 0.2) is 41.3 Å². The molecule has 1 aromatic carbocycles. The van der Waals surface area contributed by atoms with Crippen LogP contribution in [0.4, 0.5) is 5.95 Å². The van der Waals surface area contributed by atoms with Gasteiger partial charge in [0.15, 0.2) is 0 Å². The molecular formula is C27H34N6O2. The number of piperidine rings is 2. The molecule has 8 heteroatoms. The number of nitrogens with one attached hydrogen (secondary N) is 1. The molecule has 0 spiro atoms. The Kier molecular flexibility index (Phi) is 6.56. The number of aromatic nitrogens is 3. The lowest BCUT2D eigenvalue weighted by Crippen LogP contribution is -2.41. The minimum Gasteiger partial charge on any atom is -0.351 e. The van der Waals surface area contributed by atoms with Gasteiger partial charge in [-0.05, 0) is 69.9 Å². The number of carbonyl (C=O) groups is 1. The number of amides is 1. The summed E-state index contributed by atoms with van der Waals surface area (Å²) in [5.74, 6) is 0.667. The van der Waals surface area contributed by atoms with Gasteiger partial charge in [0.25, 0.3) is 5.56 Å². The number of rotatable bonds is 4. The number of hydrogen-bond acceptors (Lipinski definition) is 6. The lowest BCUT2D eigenvalue weighted by molar-refractivity contribution is -0.129. The van der Waals surface area contributed by atoms with Crippen molar-refractivity contribution in [3.63, 3.8) is 0 Å². The second-order valence-electron chi connectivity index (χ2n) is 9.98. The molecular weight excluding hydrogens is 440 g/mol. The van der Waals surface area contributed by atoms with Crippen molar-refractivity contribution in [3.05, 3.63) is 52.4 Å². The Morgan fingerprint density at radius 3 is 2.43 bits per heavy atom. The molecule has 2 saturated heterocycles. The van der Waals surface area contributed by atoms with Crippen LogP contribution in [0.5, 0.6) is 0 Å². The van der Waals surface area contributed by atoms with Gasteiger partial charge in [-0.15, -0.1) is 0 Å². The molecule has 0 atom stereocenters. The highest BCUT2D eigenvalue weighted by Gasteiger charge is 2.25. The van der Waals surface area contributed by atoms with Gasteiger partial charge in [-0.3, -0.25) is 14.2 Å². The summed E-state index contributed by atoms with van der Waals surface area (Å²) in [4.78, 5) is 39.3. The normalized spacial score (nSPS) is 18.2. The summed E-state index contributed by atoms with van der Waals surface area (Å²) in [6, 6.07) is 10.3. The van der Waals surface area contributed by atoms with Crippen LogP contribution in [0.3, 0.4) is 0 Å². The van der Waals surface area contributed by atoms with Gasteiger partial charge in [0.2, 0.25) is 11.9 Å². The van der Waals surface area contributed by atoms with Gasteiger partial charge in [-0.25, -0.2) is 4.98 Å². The molecule has 0 radical (unpaired) electrons. The van der Waals surface area contributed by atoms with Crippen LogP contribution in [0.25, 0.3) is 22.2 Å². The molecule has 1 amide bonds. The largest absolute Gasteiger partial charge is 0.351 e. The second kappa shape index (κ2) is 9.77. The molecule has 0 saturated carbocycles. The van der Waals surface area contributed by atoms with E-state index < -0.39 is 0 Å². The average molecular weight is 475 g/mol. The van der Waals surface area contributed by atoms with Crippen LogP contribution in [0, 0.1) is 6.92 Å². The first kappa shape index (κ1) is 23.5. The van der Waals surface area contributed by atoms with E-state index in [2.05, 4.69) is 22.2 Å². The van der Waals surface area contributed by atoms with E-state index in [4.69, 9.17) is 4.98 Å². The molecule has 4 heterocycles. The van der Waals surface area contributed by atoms with Gasteiger partial charge in [-0.1, -0.05) is 24.3 Å². The number of aryl methyl sites for hydroxylation is 1. The topological polar surface area (TPSA) is 83.4 Å². The summed E-state index contributed by atoms with van der Waals surface area (Å²) in [6.45, 7) is 7.05. The van der Waals surface area contributed by atoms with Gasteiger partial charge >= 0.3 is 0 Å². The molecule has 184 valence electrons. The Balaban J connectivity index is 1.54. The maximum atomic E-state index is 13.9. The maximum Gasteiger partial charge on any atom is 0.260 e. The van der Waals surface area contributed by atoms with Crippen LogP contribution >= 0.6 is 0 Å². The van der Waals surface area contributed by atoms with Crippen LogP contribution in [0.1, 0.15) is 44.2 Å². The predicted molar refractivity (Wildman–Crippen MR) is 139 cm³/mol. The fourth-order valence-corrected chi connectivity index (χ4v) is 5.37. The van der Waals surface area contributed by atoms with Crippen molar-refractivity contribution < 1.29 is 4.79 Å². The summed E-state index contributed by atoms with van der Waals surface area (Å²) in [5.41, 5.74) is 3.45. The zero-order chi connectivity index (χ0) is 24.5.